The van der Waals surface area contributed by atoms with E-state index in [4.69, 9.17) is 9.88 Å². The molecule has 1 saturated heterocycles. The lowest BCUT2D eigenvalue weighted by atomic mass is 9.94. The standard InChI is InChI=1S/C12H16BrNO3S/c13-11-3-1-9(2-4-11)7-10-8-17-6-5-12(10)18(14,15)16/h1-4,10,12H,5-8H2,(H2,14,15,16)/t10-,12-/m1/s1. The number of benzene rings is 1. The Labute approximate surface area is 116 Å². The summed E-state index contributed by atoms with van der Waals surface area (Å²) in [7, 11) is -3.49. The molecule has 1 aliphatic heterocycles. The lowest BCUT2D eigenvalue weighted by Gasteiger charge is -2.29. The number of hydrogen-bond acceptors (Lipinski definition) is 3. The zero-order valence-electron chi connectivity index (χ0n) is 9.88. The Morgan fingerprint density at radius 3 is 2.61 bits per heavy atom. The summed E-state index contributed by atoms with van der Waals surface area (Å²) in [6, 6.07) is 7.87. The molecule has 0 aliphatic carbocycles. The maximum atomic E-state index is 11.6. The molecule has 1 aromatic carbocycles. The van der Waals surface area contributed by atoms with Crippen LogP contribution in [0.3, 0.4) is 0 Å². The smallest absolute Gasteiger partial charge is 0.212 e. The Morgan fingerprint density at radius 1 is 1.33 bits per heavy atom. The molecule has 0 unspecified atom stereocenters. The lowest BCUT2D eigenvalue weighted by molar-refractivity contribution is 0.0572. The number of halogens is 1. The summed E-state index contributed by atoms with van der Waals surface area (Å²) >= 11 is 3.37. The van der Waals surface area contributed by atoms with Crippen molar-refractivity contribution in [2.75, 3.05) is 13.2 Å². The first-order chi connectivity index (χ1) is 8.47. The topological polar surface area (TPSA) is 69.4 Å². The van der Waals surface area contributed by atoms with Crippen molar-refractivity contribution in [2.45, 2.75) is 18.1 Å². The van der Waals surface area contributed by atoms with Crippen molar-refractivity contribution in [3.05, 3.63) is 34.3 Å². The van der Waals surface area contributed by atoms with Crippen LogP contribution in [0.5, 0.6) is 0 Å². The first kappa shape index (κ1) is 14.0. The van der Waals surface area contributed by atoms with Crippen LogP contribution in [0.1, 0.15) is 12.0 Å². The van der Waals surface area contributed by atoms with Gasteiger partial charge in [-0.2, -0.15) is 0 Å². The van der Waals surface area contributed by atoms with E-state index in [2.05, 4.69) is 15.9 Å². The molecule has 0 spiro atoms. The molecule has 1 aliphatic rings. The molecule has 1 aromatic rings. The second-order valence-corrected chi connectivity index (χ2v) is 7.28. The molecule has 1 fully saturated rings. The number of rotatable bonds is 3. The number of ether oxygens (including phenoxy) is 1. The SMILES string of the molecule is NS(=O)(=O)[C@@H]1CCOC[C@H]1Cc1ccc(Br)cc1. The minimum atomic E-state index is -3.49. The van der Waals surface area contributed by atoms with E-state index in [9.17, 15) is 8.42 Å². The van der Waals surface area contributed by atoms with Crippen molar-refractivity contribution in [3.63, 3.8) is 0 Å². The largest absolute Gasteiger partial charge is 0.381 e. The second kappa shape index (κ2) is 5.69. The Balaban J connectivity index is 2.13. The molecule has 2 rings (SSSR count). The number of sulfonamides is 1. The Hall–Kier alpha value is -0.430. The molecule has 0 radical (unpaired) electrons. The highest BCUT2D eigenvalue weighted by atomic mass is 79.9. The minimum absolute atomic E-state index is 0.0603. The third-order valence-corrected chi connectivity index (χ3v) is 5.23. The number of hydrogen-bond donors (Lipinski definition) is 1. The van der Waals surface area contributed by atoms with Gasteiger partial charge in [0.2, 0.25) is 10.0 Å². The third-order valence-electron chi connectivity index (χ3n) is 3.24. The molecular weight excluding hydrogens is 318 g/mol. The van der Waals surface area contributed by atoms with Gasteiger partial charge in [0.15, 0.2) is 0 Å². The van der Waals surface area contributed by atoms with E-state index in [1.807, 2.05) is 24.3 Å². The number of nitrogens with two attached hydrogens (primary N) is 1. The summed E-state index contributed by atoms with van der Waals surface area (Å²) in [4.78, 5) is 0. The first-order valence-corrected chi connectivity index (χ1v) is 8.21. The molecular formula is C12H16BrNO3S. The van der Waals surface area contributed by atoms with Crippen molar-refractivity contribution in [2.24, 2.45) is 11.1 Å². The minimum Gasteiger partial charge on any atom is -0.381 e. The zero-order valence-corrected chi connectivity index (χ0v) is 12.3. The maximum Gasteiger partial charge on any atom is 0.212 e. The van der Waals surface area contributed by atoms with E-state index in [1.54, 1.807) is 0 Å². The summed E-state index contributed by atoms with van der Waals surface area (Å²) in [5.41, 5.74) is 1.10. The van der Waals surface area contributed by atoms with Crippen molar-refractivity contribution in [1.29, 1.82) is 0 Å². The van der Waals surface area contributed by atoms with Crippen molar-refractivity contribution >= 4 is 26.0 Å². The molecule has 1 heterocycles. The van der Waals surface area contributed by atoms with Crippen LogP contribution in [0, 0.1) is 5.92 Å². The van der Waals surface area contributed by atoms with Gasteiger partial charge >= 0.3 is 0 Å². The Bertz CT molecular complexity index is 501. The van der Waals surface area contributed by atoms with E-state index < -0.39 is 15.3 Å². The van der Waals surface area contributed by atoms with E-state index in [0.717, 1.165) is 10.0 Å². The van der Waals surface area contributed by atoms with Crippen LogP contribution in [0.15, 0.2) is 28.7 Å². The van der Waals surface area contributed by atoms with Crippen molar-refractivity contribution < 1.29 is 13.2 Å². The fourth-order valence-corrected chi connectivity index (χ4v) is 3.72. The molecule has 18 heavy (non-hydrogen) atoms. The third kappa shape index (κ3) is 3.54. The molecule has 0 bridgehead atoms. The van der Waals surface area contributed by atoms with E-state index in [-0.39, 0.29) is 5.92 Å². The molecule has 0 aromatic heterocycles. The molecule has 0 amide bonds. The second-order valence-electron chi connectivity index (χ2n) is 4.58. The van der Waals surface area contributed by atoms with Crippen LogP contribution in [0.25, 0.3) is 0 Å². The Morgan fingerprint density at radius 2 is 2.00 bits per heavy atom. The van der Waals surface area contributed by atoms with Gasteiger partial charge in [-0.3, -0.25) is 0 Å². The molecule has 0 saturated carbocycles. The lowest BCUT2D eigenvalue weighted by Crippen LogP contribution is -2.42. The van der Waals surface area contributed by atoms with Crippen molar-refractivity contribution in [3.8, 4) is 0 Å². The average Bonchev–Trinajstić information content (AvgIpc) is 2.31. The normalized spacial score (nSPS) is 25.0. The zero-order chi connectivity index (χ0) is 13.2. The monoisotopic (exact) mass is 333 g/mol. The van der Waals surface area contributed by atoms with Crippen LogP contribution in [0.4, 0.5) is 0 Å². The molecule has 6 heteroatoms. The fraction of sp³-hybridized carbons (Fsp3) is 0.500. The number of primary sulfonamides is 1. The van der Waals surface area contributed by atoms with Gasteiger partial charge < -0.3 is 4.74 Å². The highest BCUT2D eigenvalue weighted by molar-refractivity contribution is 9.10. The maximum absolute atomic E-state index is 11.6. The average molecular weight is 334 g/mol. The summed E-state index contributed by atoms with van der Waals surface area (Å²) in [6.07, 6.45) is 1.16. The summed E-state index contributed by atoms with van der Waals surface area (Å²) in [5.74, 6) is -0.0603. The van der Waals surface area contributed by atoms with E-state index >= 15 is 0 Å². The van der Waals surface area contributed by atoms with Gasteiger partial charge in [0, 0.05) is 17.0 Å². The quantitative estimate of drug-likeness (QED) is 0.914. The van der Waals surface area contributed by atoms with Gasteiger partial charge in [0.05, 0.1) is 11.9 Å². The molecule has 4 nitrogen and oxygen atoms in total. The highest BCUT2D eigenvalue weighted by Gasteiger charge is 2.33. The highest BCUT2D eigenvalue weighted by Crippen LogP contribution is 2.24. The Kier molecular flexibility index (Phi) is 4.42. The summed E-state index contributed by atoms with van der Waals surface area (Å²) < 4.78 is 29.5. The summed E-state index contributed by atoms with van der Waals surface area (Å²) in [5, 5.41) is 4.80. The van der Waals surface area contributed by atoms with Gasteiger partial charge in [-0.25, -0.2) is 13.6 Å². The molecule has 2 N–H and O–H groups in total. The van der Waals surface area contributed by atoms with Gasteiger partial charge in [0.25, 0.3) is 0 Å². The molecule has 100 valence electrons. The van der Waals surface area contributed by atoms with Crippen LogP contribution < -0.4 is 5.14 Å². The summed E-state index contributed by atoms with van der Waals surface area (Å²) in [6.45, 7) is 0.926. The van der Waals surface area contributed by atoms with Crippen LogP contribution in [0.2, 0.25) is 0 Å². The van der Waals surface area contributed by atoms with Crippen LogP contribution in [-0.4, -0.2) is 26.9 Å². The predicted molar refractivity (Wildman–Crippen MR) is 73.7 cm³/mol. The van der Waals surface area contributed by atoms with Crippen LogP contribution >= 0.6 is 15.9 Å². The molecule has 2 atom stereocenters. The van der Waals surface area contributed by atoms with E-state index in [1.165, 1.54) is 0 Å². The van der Waals surface area contributed by atoms with Gasteiger partial charge in [-0.05, 0) is 30.5 Å². The predicted octanol–water partition coefficient (Wildman–Crippen LogP) is 1.69. The van der Waals surface area contributed by atoms with Gasteiger partial charge in [0.1, 0.15) is 0 Å². The fourth-order valence-electron chi connectivity index (χ4n) is 2.32. The first-order valence-electron chi connectivity index (χ1n) is 5.80. The van der Waals surface area contributed by atoms with Crippen molar-refractivity contribution in [1.82, 2.24) is 0 Å². The van der Waals surface area contributed by atoms with Crippen LogP contribution in [-0.2, 0) is 21.2 Å². The van der Waals surface area contributed by atoms with Gasteiger partial charge in [-0.15, -0.1) is 0 Å². The van der Waals surface area contributed by atoms with E-state index in [0.29, 0.717) is 26.1 Å². The van der Waals surface area contributed by atoms with Gasteiger partial charge in [-0.1, -0.05) is 28.1 Å².